The quantitative estimate of drug-likeness (QED) is 0.536. The van der Waals surface area contributed by atoms with Gasteiger partial charge in [-0.1, -0.05) is 66.7 Å². The van der Waals surface area contributed by atoms with E-state index in [4.69, 9.17) is 0 Å². The molecule has 3 rings (SSSR count). The molecule has 0 N–H and O–H groups in total. The summed E-state index contributed by atoms with van der Waals surface area (Å²) in [6.07, 6.45) is 3.16. The Balaban J connectivity index is 2.21. The minimum absolute atomic E-state index is 0.167. The van der Waals surface area contributed by atoms with Gasteiger partial charge in [0.25, 0.3) is 0 Å². The van der Waals surface area contributed by atoms with Gasteiger partial charge in [0.2, 0.25) is 0 Å². The van der Waals surface area contributed by atoms with Crippen LogP contribution in [0.25, 0.3) is 11.3 Å². The van der Waals surface area contributed by atoms with Gasteiger partial charge in [0.1, 0.15) is 0 Å². The van der Waals surface area contributed by atoms with Crippen molar-refractivity contribution in [1.29, 1.82) is 0 Å². The maximum atomic E-state index is 12.9. The number of carbonyl (C=O) groups is 1. The number of rotatable bonds is 5. The van der Waals surface area contributed by atoms with Crippen LogP contribution in [0, 0.1) is 0 Å². The third-order valence-electron chi connectivity index (χ3n) is 3.65. The Kier molecular flexibility index (Phi) is 4.47. The van der Waals surface area contributed by atoms with Crippen LogP contribution >= 0.6 is 0 Å². The zero-order chi connectivity index (χ0) is 16.9. The maximum absolute atomic E-state index is 12.9. The van der Waals surface area contributed by atoms with Crippen molar-refractivity contribution in [2.24, 2.45) is 0 Å². The first-order valence-electron chi connectivity index (χ1n) is 7.58. The Bertz CT molecular complexity index is 929. The molecule has 0 saturated carbocycles. The molecular weight excluding hydrogens is 300 g/mol. The molecule has 0 amide bonds. The second-order valence-electron chi connectivity index (χ2n) is 5.29. The van der Waals surface area contributed by atoms with E-state index in [1.807, 2.05) is 48.5 Å². The van der Waals surface area contributed by atoms with Crippen LogP contribution in [0.4, 0.5) is 0 Å². The van der Waals surface area contributed by atoms with Gasteiger partial charge in [-0.2, -0.15) is 4.98 Å². The molecular formula is C20H16N2O2. The number of benzene rings is 2. The first-order chi connectivity index (χ1) is 11.7. The predicted molar refractivity (Wildman–Crippen MR) is 94.0 cm³/mol. The van der Waals surface area contributed by atoms with Gasteiger partial charge >= 0.3 is 5.69 Å². The first kappa shape index (κ1) is 15.6. The molecule has 24 heavy (non-hydrogen) atoms. The van der Waals surface area contributed by atoms with Crippen molar-refractivity contribution in [1.82, 2.24) is 9.55 Å². The number of carbonyl (C=O) groups excluding carboxylic acids is 1. The Labute approximate surface area is 139 Å². The molecule has 0 radical (unpaired) electrons. The summed E-state index contributed by atoms with van der Waals surface area (Å²) in [5.41, 5.74) is 1.68. The fourth-order valence-corrected chi connectivity index (χ4v) is 2.49. The monoisotopic (exact) mass is 316 g/mol. The molecule has 2 aromatic carbocycles. The van der Waals surface area contributed by atoms with Crippen molar-refractivity contribution in [3.05, 3.63) is 101 Å². The van der Waals surface area contributed by atoms with Gasteiger partial charge in [-0.3, -0.25) is 9.36 Å². The predicted octanol–water partition coefficient (Wildman–Crippen LogP) is 3.33. The van der Waals surface area contributed by atoms with Crippen molar-refractivity contribution < 1.29 is 4.79 Å². The van der Waals surface area contributed by atoms with E-state index in [0.29, 0.717) is 23.4 Å². The molecule has 0 bridgehead atoms. The standard InChI is InChI=1S/C20H16N2O2/c1-2-13-22-14-17(19(23)16-11-7-4-8-12-16)18(21-20(22)24)15-9-5-3-6-10-15/h2-12,14H,1,13H2. The molecule has 4 heteroatoms. The Morgan fingerprint density at radius 2 is 1.67 bits per heavy atom. The third kappa shape index (κ3) is 3.08. The molecule has 0 spiro atoms. The van der Waals surface area contributed by atoms with Crippen molar-refractivity contribution in [2.45, 2.75) is 6.54 Å². The summed E-state index contributed by atoms with van der Waals surface area (Å²) < 4.78 is 1.38. The van der Waals surface area contributed by atoms with E-state index >= 15 is 0 Å². The van der Waals surface area contributed by atoms with Crippen molar-refractivity contribution in [3.63, 3.8) is 0 Å². The number of hydrogen-bond donors (Lipinski definition) is 0. The van der Waals surface area contributed by atoms with Gasteiger partial charge in [-0.25, -0.2) is 4.79 Å². The zero-order valence-corrected chi connectivity index (χ0v) is 13.1. The second kappa shape index (κ2) is 6.87. The summed E-state index contributed by atoms with van der Waals surface area (Å²) in [6.45, 7) is 3.94. The maximum Gasteiger partial charge on any atom is 0.348 e. The molecule has 0 unspecified atom stereocenters. The van der Waals surface area contributed by atoms with E-state index in [2.05, 4.69) is 11.6 Å². The van der Waals surface area contributed by atoms with E-state index in [9.17, 15) is 9.59 Å². The lowest BCUT2D eigenvalue weighted by Crippen LogP contribution is -2.25. The topological polar surface area (TPSA) is 52.0 Å². The summed E-state index contributed by atoms with van der Waals surface area (Å²) in [5, 5.41) is 0. The normalized spacial score (nSPS) is 10.3. The van der Waals surface area contributed by atoms with Gasteiger partial charge in [0.15, 0.2) is 5.78 Å². The van der Waals surface area contributed by atoms with Crippen molar-refractivity contribution >= 4 is 5.78 Å². The molecule has 0 fully saturated rings. The largest absolute Gasteiger partial charge is 0.348 e. The third-order valence-corrected chi connectivity index (χ3v) is 3.65. The number of aromatic nitrogens is 2. The average Bonchev–Trinajstić information content (AvgIpc) is 2.64. The molecule has 3 aromatic rings. The van der Waals surface area contributed by atoms with Crippen LogP contribution < -0.4 is 5.69 Å². The molecule has 1 heterocycles. The highest BCUT2D eigenvalue weighted by atomic mass is 16.1. The van der Waals surface area contributed by atoms with E-state index in [1.165, 1.54) is 4.57 Å². The van der Waals surface area contributed by atoms with Crippen LogP contribution in [0.3, 0.4) is 0 Å². The lowest BCUT2D eigenvalue weighted by Gasteiger charge is -2.11. The van der Waals surface area contributed by atoms with E-state index in [0.717, 1.165) is 5.56 Å². The molecule has 0 atom stereocenters. The minimum atomic E-state index is -0.404. The Hall–Kier alpha value is -3.27. The fourth-order valence-electron chi connectivity index (χ4n) is 2.49. The molecule has 0 saturated heterocycles. The first-order valence-corrected chi connectivity index (χ1v) is 7.58. The zero-order valence-electron chi connectivity index (χ0n) is 13.1. The van der Waals surface area contributed by atoms with E-state index < -0.39 is 5.69 Å². The van der Waals surface area contributed by atoms with Crippen LogP contribution in [0.15, 0.2) is 84.3 Å². The highest BCUT2D eigenvalue weighted by Gasteiger charge is 2.18. The number of nitrogens with zero attached hydrogens (tertiary/aromatic N) is 2. The van der Waals surface area contributed by atoms with Crippen LogP contribution in [0.1, 0.15) is 15.9 Å². The van der Waals surface area contributed by atoms with Crippen LogP contribution in [-0.2, 0) is 6.54 Å². The lowest BCUT2D eigenvalue weighted by atomic mass is 9.99. The Morgan fingerprint density at radius 3 is 2.29 bits per heavy atom. The number of hydrogen-bond acceptors (Lipinski definition) is 3. The lowest BCUT2D eigenvalue weighted by molar-refractivity contribution is 0.103. The fraction of sp³-hybridized carbons (Fsp3) is 0.0500. The van der Waals surface area contributed by atoms with Gasteiger partial charge < -0.3 is 0 Å². The average molecular weight is 316 g/mol. The molecule has 118 valence electrons. The molecule has 0 aliphatic rings. The second-order valence-corrected chi connectivity index (χ2v) is 5.29. The summed E-state index contributed by atoms with van der Waals surface area (Å²) in [7, 11) is 0. The van der Waals surface area contributed by atoms with Gasteiger partial charge in [0, 0.05) is 23.9 Å². The highest BCUT2D eigenvalue weighted by molar-refractivity contribution is 6.12. The number of ketones is 1. The summed E-state index contributed by atoms with van der Waals surface area (Å²) in [5.74, 6) is -0.167. The van der Waals surface area contributed by atoms with Crippen LogP contribution in [-0.4, -0.2) is 15.3 Å². The minimum Gasteiger partial charge on any atom is -0.295 e. The molecule has 0 aliphatic heterocycles. The van der Waals surface area contributed by atoms with Crippen molar-refractivity contribution in [2.75, 3.05) is 0 Å². The molecule has 0 aliphatic carbocycles. The van der Waals surface area contributed by atoms with E-state index in [-0.39, 0.29) is 5.78 Å². The molecule has 4 nitrogen and oxygen atoms in total. The Morgan fingerprint density at radius 1 is 1.04 bits per heavy atom. The van der Waals surface area contributed by atoms with E-state index in [1.54, 1.807) is 24.4 Å². The van der Waals surface area contributed by atoms with Crippen LogP contribution in [0.2, 0.25) is 0 Å². The van der Waals surface area contributed by atoms with Gasteiger partial charge in [-0.15, -0.1) is 6.58 Å². The summed E-state index contributed by atoms with van der Waals surface area (Å²) in [6, 6.07) is 18.2. The summed E-state index contributed by atoms with van der Waals surface area (Å²) >= 11 is 0. The highest BCUT2D eigenvalue weighted by Crippen LogP contribution is 2.22. The number of allylic oxidation sites excluding steroid dienone is 1. The molecule has 1 aromatic heterocycles. The van der Waals surface area contributed by atoms with Gasteiger partial charge in [-0.05, 0) is 0 Å². The van der Waals surface area contributed by atoms with Crippen LogP contribution in [0.5, 0.6) is 0 Å². The van der Waals surface area contributed by atoms with Gasteiger partial charge in [0.05, 0.1) is 11.3 Å². The summed E-state index contributed by atoms with van der Waals surface area (Å²) in [4.78, 5) is 29.3. The van der Waals surface area contributed by atoms with Crippen molar-refractivity contribution in [3.8, 4) is 11.3 Å². The SMILES string of the molecule is C=CCn1cc(C(=O)c2ccccc2)c(-c2ccccc2)nc1=O. The smallest absolute Gasteiger partial charge is 0.295 e.